The fourth-order valence-corrected chi connectivity index (χ4v) is 1.94. The largest absolute Gasteiger partial charge is 0.519 e. The van der Waals surface area contributed by atoms with Crippen LogP contribution < -0.4 is 14.2 Å². The lowest BCUT2D eigenvalue weighted by Crippen LogP contribution is -2.14. The van der Waals surface area contributed by atoms with Gasteiger partial charge >= 0.3 is 12.1 Å². The molecule has 0 heterocycles. The molecule has 0 aliphatic carbocycles. The van der Waals surface area contributed by atoms with Gasteiger partial charge in [0, 0.05) is 12.1 Å². The lowest BCUT2D eigenvalue weighted by atomic mass is 10.2. The highest BCUT2D eigenvalue weighted by Crippen LogP contribution is 2.29. The molecular weight excluding hydrogens is 346 g/mol. The topological polar surface area (TPSA) is 114 Å². The summed E-state index contributed by atoms with van der Waals surface area (Å²) in [5.41, 5.74) is 0.0988. The Balaban J connectivity index is 2.08. The van der Waals surface area contributed by atoms with Crippen LogP contribution in [-0.4, -0.2) is 30.8 Å². The summed E-state index contributed by atoms with van der Waals surface area (Å²) >= 11 is 0. The molecule has 9 nitrogen and oxygen atoms in total. The number of rotatable bonds is 6. The molecule has 0 radical (unpaired) electrons. The minimum absolute atomic E-state index is 0.0347. The predicted molar refractivity (Wildman–Crippen MR) is 88.7 cm³/mol. The number of hydrogen-bond donors (Lipinski definition) is 0. The minimum atomic E-state index is -1.07. The van der Waals surface area contributed by atoms with Crippen molar-refractivity contribution in [3.8, 4) is 17.2 Å². The van der Waals surface area contributed by atoms with E-state index in [0.717, 1.165) is 0 Å². The first-order valence-electron chi connectivity index (χ1n) is 7.44. The number of ether oxygens (including phenoxy) is 4. The van der Waals surface area contributed by atoms with Gasteiger partial charge in [-0.1, -0.05) is 0 Å². The van der Waals surface area contributed by atoms with E-state index in [1.165, 1.54) is 49.6 Å². The summed E-state index contributed by atoms with van der Waals surface area (Å²) in [7, 11) is 1.35. The number of esters is 1. The van der Waals surface area contributed by atoms with Gasteiger partial charge in [0.15, 0.2) is 11.5 Å². The first-order chi connectivity index (χ1) is 12.4. The maximum absolute atomic E-state index is 11.9. The molecule has 0 fully saturated rings. The summed E-state index contributed by atoms with van der Waals surface area (Å²) in [6, 6.07) is 9.05. The van der Waals surface area contributed by atoms with Crippen LogP contribution in [0.1, 0.15) is 17.3 Å². The number of benzene rings is 2. The monoisotopic (exact) mass is 361 g/mol. The van der Waals surface area contributed by atoms with Crippen molar-refractivity contribution in [1.29, 1.82) is 0 Å². The molecule has 0 saturated heterocycles. The highest BCUT2D eigenvalue weighted by molar-refractivity contribution is 5.90. The molecule has 0 bridgehead atoms. The van der Waals surface area contributed by atoms with Crippen LogP contribution in [-0.2, 0) is 4.74 Å². The van der Waals surface area contributed by atoms with Gasteiger partial charge in [-0.25, -0.2) is 9.59 Å². The zero-order valence-corrected chi connectivity index (χ0v) is 14.0. The van der Waals surface area contributed by atoms with Crippen molar-refractivity contribution in [2.75, 3.05) is 13.7 Å². The molecule has 0 aliphatic rings. The van der Waals surface area contributed by atoms with Gasteiger partial charge in [-0.2, -0.15) is 0 Å². The van der Waals surface area contributed by atoms with E-state index in [2.05, 4.69) is 0 Å². The SMILES string of the molecule is CCOC(=O)c1ccc(OC(=O)Oc2ccc([N+](=O)[O-])cc2)c(OC)c1. The fraction of sp³-hybridized carbons (Fsp3) is 0.176. The number of non-ortho nitro benzene ring substituents is 1. The lowest BCUT2D eigenvalue weighted by Gasteiger charge is -2.10. The summed E-state index contributed by atoms with van der Waals surface area (Å²) in [5.74, 6) is -0.294. The maximum atomic E-state index is 11.9. The van der Waals surface area contributed by atoms with E-state index in [-0.39, 0.29) is 35.1 Å². The summed E-state index contributed by atoms with van der Waals surface area (Å²) in [6.07, 6.45) is -1.07. The van der Waals surface area contributed by atoms with Crippen LogP contribution in [0.2, 0.25) is 0 Å². The van der Waals surface area contributed by atoms with Crippen LogP contribution in [0.4, 0.5) is 10.5 Å². The average molecular weight is 361 g/mol. The number of nitrogens with zero attached hydrogens (tertiary/aromatic N) is 1. The third-order valence-corrected chi connectivity index (χ3v) is 3.12. The van der Waals surface area contributed by atoms with Gasteiger partial charge in [-0.3, -0.25) is 10.1 Å². The molecule has 0 amide bonds. The molecule has 0 spiro atoms. The van der Waals surface area contributed by atoms with Crippen LogP contribution in [0, 0.1) is 10.1 Å². The Hall–Kier alpha value is -3.62. The smallest absolute Gasteiger partial charge is 0.493 e. The second-order valence-corrected chi connectivity index (χ2v) is 4.79. The van der Waals surface area contributed by atoms with Crippen molar-refractivity contribution in [2.24, 2.45) is 0 Å². The maximum Gasteiger partial charge on any atom is 0.519 e. The van der Waals surface area contributed by atoms with Gasteiger partial charge in [0.25, 0.3) is 5.69 Å². The molecular formula is C17H15NO8. The van der Waals surface area contributed by atoms with Gasteiger partial charge in [-0.15, -0.1) is 0 Å². The third-order valence-electron chi connectivity index (χ3n) is 3.12. The van der Waals surface area contributed by atoms with Gasteiger partial charge in [-0.05, 0) is 37.3 Å². The molecule has 26 heavy (non-hydrogen) atoms. The van der Waals surface area contributed by atoms with Crippen molar-refractivity contribution in [3.63, 3.8) is 0 Å². The zero-order chi connectivity index (χ0) is 19.1. The Bertz CT molecular complexity index is 816. The highest BCUT2D eigenvalue weighted by Gasteiger charge is 2.16. The van der Waals surface area contributed by atoms with Crippen molar-refractivity contribution >= 4 is 17.8 Å². The van der Waals surface area contributed by atoms with Gasteiger partial charge in [0.2, 0.25) is 0 Å². The quantitative estimate of drug-likeness (QED) is 0.333. The average Bonchev–Trinajstić information content (AvgIpc) is 2.62. The second-order valence-electron chi connectivity index (χ2n) is 4.79. The third kappa shape index (κ3) is 4.69. The second kappa shape index (κ2) is 8.47. The summed E-state index contributed by atoms with van der Waals surface area (Å²) in [4.78, 5) is 33.6. The molecule has 136 valence electrons. The van der Waals surface area contributed by atoms with Crippen LogP contribution in [0.5, 0.6) is 17.2 Å². The van der Waals surface area contributed by atoms with Crippen molar-refractivity contribution < 1.29 is 33.5 Å². The number of carbonyl (C=O) groups excluding carboxylic acids is 2. The first kappa shape index (κ1) is 18.7. The standard InChI is InChI=1S/C17H15NO8/c1-3-24-16(19)11-4-9-14(15(10-11)23-2)26-17(20)25-13-7-5-12(6-8-13)18(21)22/h4-10H,3H2,1-2H3. The van der Waals surface area contributed by atoms with Crippen LogP contribution in [0.15, 0.2) is 42.5 Å². The summed E-state index contributed by atoms with van der Waals surface area (Å²) < 4.78 is 19.9. The molecule has 0 N–H and O–H groups in total. The van der Waals surface area contributed by atoms with Crippen molar-refractivity contribution in [2.45, 2.75) is 6.92 Å². The zero-order valence-electron chi connectivity index (χ0n) is 14.0. The van der Waals surface area contributed by atoms with E-state index < -0.39 is 17.0 Å². The lowest BCUT2D eigenvalue weighted by molar-refractivity contribution is -0.384. The molecule has 2 aromatic carbocycles. The molecule has 0 aliphatic heterocycles. The van der Waals surface area contributed by atoms with E-state index in [4.69, 9.17) is 18.9 Å². The molecule has 0 unspecified atom stereocenters. The molecule has 0 atom stereocenters. The Morgan fingerprint density at radius 1 is 1.04 bits per heavy atom. The Kier molecular flexibility index (Phi) is 6.10. The van der Waals surface area contributed by atoms with Crippen LogP contribution in [0.3, 0.4) is 0 Å². The number of nitro benzene ring substituents is 1. The van der Waals surface area contributed by atoms with E-state index in [9.17, 15) is 19.7 Å². The number of hydrogen-bond acceptors (Lipinski definition) is 8. The van der Waals surface area contributed by atoms with Gasteiger partial charge < -0.3 is 18.9 Å². The van der Waals surface area contributed by atoms with E-state index in [1.54, 1.807) is 6.92 Å². The fourth-order valence-electron chi connectivity index (χ4n) is 1.94. The van der Waals surface area contributed by atoms with Crippen LogP contribution in [0.25, 0.3) is 0 Å². The number of carbonyl (C=O) groups is 2. The van der Waals surface area contributed by atoms with E-state index >= 15 is 0 Å². The summed E-state index contributed by atoms with van der Waals surface area (Å²) in [5, 5.41) is 10.6. The van der Waals surface area contributed by atoms with Crippen LogP contribution >= 0.6 is 0 Å². The van der Waals surface area contributed by atoms with Crippen molar-refractivity contribution in [1.82, 2.24) is 0 Å². The van der Waals surface area contributed by atoms with E-state index in [0.29, 0.717) is 0 Å². The van der Waals surface area contributed by atoms with Crippen molar-refractivity contribution in [3.05, 3.63) is 58.1 Å². The predicted octanol–water partition coefficient (Wildman–Crippen LogP) is 3.36. The molecule has 2 aromatic rings. The number of methoxy groups -OCH3 is 1. The Labute approximate surface area is 148 Å². The normalized spacial score (nSPS) is 9.92. The van der Waals surface area contributed by atoms with Gasteiger partial charge in [0.1, 0.15) is 5.75 Å². The number of nitro groups is 1. The summed E-state index contributed by atoms with van der Waals surface area (Å²) in [6.45, 7) is 1.90. The van der Waals surface area contributed by atoms with Gasteiger partial charge in [0.05, 0.1) is 24.2 Å². The Morgan fingerprint density at radius 3 is 2.31 bits per heavy atom. The molecule has 2 rings (SSSR count). The Morgan fingerprint density at radius 2 is 1.73 bits per heavy atom. The first-order valence-corrected chi connectivity index (χ1v) is 7.44. The minimum Gasteiger partial charge on any atom is -0.493 e. The highest BCUT2D eigenvalue weighted by atomic mass is 16.7. The molecule has 0 aromatic heterocycles. The molecule has 0 saturated carbocycles. The molecule has 9 heteroatoms. The van der Waals surface area contributed by atoms with E-state index in [1.807, 2.05) is 0 Å².